The van der Waals surface area contributed by atoms with Crippen molar-refractivity contribution in [2.75, 3.05) is 0 Å². The molecule has 0 saturated carbocycles. The molecule has 0 heterocycles. The smallest absolute Gasteiger partial charge is 0.334 e. The zero-order valence-electron chi connectivity index (χ0n) is 19.1. The fraction of sp³-hybridized carbons (Fsp3) is 0.308. The van der Waals surface area contributed by atoms with Crippen molar-refractivity contribution in [2.24, 2.45) is 4.99 Å². The number of aliphatic carboxylic acids is 1. The average Bonchev–Trinajstić information content (AvgIpc) is 2.77. The second kappa shape index (κ2) is 17.0. The lowest BCUT2D eigenvalue weighted by molar-refractivity contribution is -0.132. The average molecular weight is 460 g/mol. The maximum atomic E-state index is 10.8. The number of aliphatic imine (C=N–C) groups is 1. The van der Waals surface area contributed by atoms with E-state index >= 15 is 0 Å². The van der Waals surface area contributed by atoms with E-state index in [0.717, 1.165) is 23.4 Å². The third-order valence-corrected chi connectivity index (χ3v) is 4.55. The summed E-state index contributed by atoms with van der Waals surface area (Å²) in [6, 6.07) is 6.25. The van der Waals surface area contributed by atoms with Gasteiger partial charge < -0.3 is 5.11 Å². The van der Waals surface area contributed by atoms with E-state index in [0.29, 0.717) is 10.7 Å². The highest BCUT2D eigenvalue weighted by atomic mass is 35.5. The van der Waals surface area contributed by atoms with Crippen molar-refractivity contribution in [3.05, 3.63) is 68.4 Å². The number of carbonyl (C=O) groups is 1. The van der Waals surface area contributed by atoms with Gasteiger partial charge >= 0.3 is 5.97 Å². The molecule has 0 fully saturated rings. The van der Waals surface area contributed by atoms with Crippen LogP contribution in [0.5, 0.6) is 0 Å². The van der Waals surface area contributed by atoms with Gasteiger partial charge in [-0.2, -0.15) is 0 Å². The van der Waals surface area contributed by atoms with Crippen LogP contribution in [0.4, 0.5) is 0 Å². The van der Waals surface area contributed by atoms with Gasteiger partial charge in [-0.1, -0.05) is 55.3 Å². The highest BCUT2D eigenvalue weighted by Crippen LogP contribution is 2.18. The largest absolute Gasteiger partial charge is 0.478 e. The van der Waals surface area contributed by atoms with Crippen LogP contribution in [0.2, 0.25) is 5.02 Å². The highest BCUT2D eigenvalue weighted by molar-refractivity contribution is 6.31. The quantitative estimate of drug-likeness (QED) is 0.211. The van der Waals surface area contributed by atoms with Crippen molar-refractivity contribution in [1.82, 2.24) is 0 Å². The normalized spacial score (nSPS) is 12.4. The first-order valence-corrected chi connectivity index (χ1v) is 10.4. The second-order valence-corrected chi connectivity index (χ2v) is 7.23. The molecule has 0 aliphatic rings. The van der Waals surface area contributed by atoms with Gasteiger partial charge in [0.2, 0.25) is 0 Å². The number of halogens is 2. The molecule has 3 nitrogen and oxygen atoms in total. The summed E-state index contributed by atoms with van der Waals surface area (Å²) >= 11 is 11.8. The number of carboxylic acids is 1. The third-order valence-electron chi connectivity index (χ3n) is 4.07. The molecule has 5 heteroatoms. The van der Waals surface area contributed by atoms with E-state index in [1.165, 1.54) is 18.1 Å². The molecule has 1 aromatic rings. The van der Waals surface area contributed by atoms with Crippen molar-refractivity contribution in [2.45, 2.75) is 54.4 Å². The van der Waals surface area contributed by atoms with Crippen LogP contribution in [0, 0.1) is 25.2 Å². The van der Waals surface area contributed by atoms with E-state index in [1.54, 1.807) is 19.9 Å². The van der Waals surface area contributed by atoms with Crippen LogP contribution in [0.15, 0.2) is 57.2 Å². The predicted molar refractivity (Wildman–Crippen MR) is 136 cm³/mol. The number of carboxylic acid groups (broad SMARTS) is 1. The first kappa shape index (κ1) is 30.5. The predicted octanol–water partition coefficient (Wildman–Crippen LogP) is 7.24. The Labute approximate surface area is 197 Å². The number of rotatable bonds is 6. The Hall–Kier alpha value is -2.72. The summed E-state index contributed by atoms with van der Waals surface area (Å²) in [5.41, 5.74) is 4.19. The van der Waals surface area contributed by atoms with Crippen molar-refractivity contribution in [3.8, 4) is 25.2 Å². The molecule has 1 aromatic carbocycles. The summed E-state index contributed by atoms with van der Waals surface area (Å²) in [6.07, 6.45) is 18.9. The van der Waals surface area contributed by atoms with Crippen LogP contribution in [0.25, 0.3) is 0 Å². The Morgan fingerprint density at radius 2 is 1.77 bits per heavy atom. The Kier molecular flexibility index (Phi) is 16.7. The highest BCUT2D eigenvalue weighted by Gasteiger charge is 2.08. The van der Waals surface area contributed by atoms with Crippen LogP contribution >= 0.6 is 23.2 Å². The Morgan fingerprint density at radius 1 is 1.19 bits per heavy atom. The third kappa shape index (κ3) is 11.9. The fourth-order valence-corrected chi connectivity index (χ4v) is 2.66. The topological polar surface area (TPSA) is 49.7 Å². The molecule has 0 bridgehead atoms. The lowest BCUT2D eigenvalue weighted by atomic mass is 10.1. The first-order valence-electron chi connectivity index (χ1n) is 9.68. The van der Waals surface area contributed by atoms with Crippen LogP contribution in [-0.2, 0) is 17.6 Å². The van der Waals surface area contributed by atoms with Gasteiger partial charge in [-0.25, -0.2) is 9.79 Å². The molecule has 166 valence electrons. The fourth-order valence-electron chi connectivity index (χ4n) is 2.29. The number of allylic oxidation sites excluding steroid dienone is 5. The van der Waals surface area contributed by atoms with Crippen molar-refractivity contribution in [1.29, 1.82) is 0 Å². The van der Waals surface area contributed by atoms with Crippen LogP contribution in [-0.4, -0.2) is 16.8 Å². The van der Waals surface area contributed by atoms with Gasteiger partial charge in [0, 0.05) is 15.8 Å². The molecule has 0 spiro atoms. The van der Waals surface area contributed by atoms with E-state index in [1.807, 2.05) is 19.1 Å². The van der Waals surface area contributed by atoms with Gasteiger partial charge in [-0.3, -0.25) is 0 Å². The number of benzene rings is 1. The van der Waals surface area contributed by atoms with Gasteiger partial charge in [-0.15, -0.1) is 19.3 Å². The molecule has 31 heavy (non-hydrogen) atoms. The van der Waals surface area contributed by atoms with Gasteiger partial charge in [0.15, 0.2) is 0 Å². The first-order chi connectivity index (χ1) is 14.6. The molecule has 1 rings (SSSR count). The molecule has 0 aliphatic heterocycles. The minimum atomic E-state index is -1.08. The summed E-state index contributed by atoms with van der Waals surface area (Å²) in [7, 11) is 0. The lowest BCUT2D eigenvalue weighted by Gasteiger charge is -2.03. The number of hydrogen-bond donors (Lipinski definition) is 1. The number of terminal acetylenes is 2. The van der Waals surface area contributed by atoms with E-state index < -0.39 is 5.97 Å². The number of nitrogens with zero attached hydrogens (tertiary/aromatic N) is 1. The van der Waals surface area contributed by atoms with Gasteiger partial charge in [-0.05, 0) is 75.3 Å². The molecular formula is C26H31Cl2NO2. The summed E-state index contributed by atoms with van der Waals surface area (Å²) in [4.78, 5) is 15.0. The zero-order valence-corrected chi connectivity index (χ0v) is 20.6. The Bertz CT molecular complexity index is 922. The van der Waals surface area contributed by atoms with Gasteiger partial charge in [0.25, 0.3) is 0 Å². The lowest BCUT2D eigenvalue weighted by Crippen LogP contribution is -2.02. The summed E-state index contributed by atoms with van der Waals surface area (Å²) < 4.78 is 0. The number of aryl methyl sites for hydroxylation is 2. The van der Waals surface area contributed by atoms with Crippen molar-refractivity contribution < 1.29 is 9.90 Å². The Balaban J connectivity index is 0. The Morgan fingerprint density at radius 3 is 2.16 bits per heavy atom. The van der Waals surface area contributed by atoms with E-state index in [4.69, 9.17) is 34.7 Å². The summed E-state index contributed by atoms with van der Waals surface area (Å²) in [6.45, 7) is 11.0. The van der Waals surface area contributed by atoms with Crippen molar-refractivity contribution in [3.63, 3.8) is 0 Å². The maximum absolute atomic E-state index is 10.8. The van der Waals surface area contributed by atoms with Crippen LogP contribution in [0.3, 0.4) is 0 Å². The molecule has 0 unspecified atom stereocenters. The second-order valence-electron chi connectivity index (χ2n) is 6.23. The van der Waals surface area contributed by atoms with Gasteiger partial charge in [0.05, 0.1) is 5.57 Å². The summed E-state index contributed by atoms with van der Waals surface area (Å²) in [5, 5.41) is 10.4. The molecule has 0 atom stereocenters. The molecule has 0 aliphatic carbocycles. The molecule has 0 saturated heterocycles. The molecular weight excluding hydrogens is 429 g/mol. The van der Waals surface area contributed by atoms with E-state index in [-0.39, 0.29) is 11.3 Å². The number of hydrogen-bond acceptors (Lipinski definition) is 2. The standard InChI is InChI=1S/C14H16ClNO2.C10H13Cl.C2H2/c1-6-12(8-9(3)15)11(5)16-13(7-2)10(4)14(17)18;1-3-8-5-6-10(11)9(4-2)7-8;1-2/h2,6,8H,1,3-5H3,(H,17,18);5-7H,3-4H2,1-2H3;1-2H/b9-8+,12-6+,13-10+,16-11+;;. The molecule has 0 aromatic heterocycles. The minimum Gasteiger partial charge on any atom is -0.478 e. The molecule has 1 N–H and O–H groups in total. The molecule has 0 amide bonds. The SMILES string of the molecule is C#C.C#CC(/N=C(C)/C(/C=C(\C)Cl)=C/C)=C(/C)C(=O)O.CCc1ccc(Cl)c(CC)c1. The monoisotopic (exact) mass is 459 g/mol. The van der Waals surface area contributed by atoms with E-state index in [9.17, 15) is 4.79 Å². The van der Waals surface area contributed by atoms with Crippen LogP contribution < -0.4 is 0 Å². The maximum Gasteiger partial charge on any atom is 0.334 e. The van der Waals surface area contributed by atoms with Crippen LogP contribution in [0.1, 0.15) is 52.7 Å². The summed E-state index contributed by atoms with van der Waals surface area (Å²) in [5.74, 6) is 1.20. The molecule has 0 radical (unpaired) electrons. The van der Waals surface area contributed by atoms with Crippen molar-refractivity contribution >= 4 is 34.9 Å². The van der Waals surface area contributed by atoms with E-state index in [2.05, 4.69) is 49.7 Å². The zero-order chi connectivity index (χ0) is 24.6. The minimum absolute atomic E-state index is 0.0406. The van der Waals surface area contributed by atoms with Gasteiger partial charge in [0.1, 0.15) is 5.70 Å².